The Balaban J connectivity index is 0.00000625. The minimum Gasteiger partial charge on any atom is -0.478 e. The summed E-state index contributed by atoms with van der Waals surface area (Å²) in [5, 5.41) is 18.1. The number of nitriles is 2. The van der Waals surface area contributed by atoms with Crippen molar-refractivity contribution in [1.82, 2.24) is 0 Å². The van der Waals surface area contributed by atoms with Gasteiger partial charge in [0, 0.05) is 32.7 Å². The summed E-state index contributed by atoms with van der Waals surface area (Å²) in [6.45, 7) is 16.8. The normalized spacial score (nSPS) is 11.7. The van der Waals surface area contributed by atoms with Gasteiger partial charge in [0.1, 0.15) is 0 Å². The molecule has 129 valence electrons. The molecule has 0 aliphatic heterocycles. The monoisotopic (exact) mass is 417 g/mol. The van der Waals surface area contributed by atoms with Crippen molar-refractivity contribution in [1.29, 1.82) is 10.5 Å². The summed E-state index contributed by atoms with van der Waals surface area (Å²) in [5.74, 6) is 0. The van der Waals surface area contributed by atoms with Gasteiger partial charge in [-0.1, -0.05) is 27.7 Å². The molecular weight excluding hydrogens is 397 g/mol. The topological polar surface area (TPSA) is 55.2 Å². The van der Waals surface area contributed by atoms with Crippen molar-refractivity contribution in [3.8, 4) is 12.1 Å². The van der Waals surface area contributed by atoms with Gasteiger partial charge in [-0.15, -0.1) is 12.3 Å². The van der Waals surface area contributed by atoms with Gasteiger partial charge in [0.25, 0.3) is 5.70 Å². The van der Waals surface area contributed by atoms with Crippen molar-refractivity contribution in [2.75, 3.05) is 11.9 Å². The van der Waals surface area contributed by atoms with Gasteiger partial charge in [-0.05, 0) is 25.1 Å². The molecule has 0 saturated heterocycles. The van der Waals surface area contributed by atoms with Gasteiger partial charge in [0.15, 0.2) is 0 Å². The molecule has 0 aliphatic carbocycles. The van der Waals surface area contributed by atoms with Gasteiger partial charge in [-0.3, -0.25) is 0 Å². The van der Waals surface area contributed by atoms with E-state index in [-0.39, 0.29) is 44.0 Å². The number of nitrogens with zero attached hydrogens (tertiary/aromatic N) is 4. The molecule has 0 aliphatic rings. The van der Waals surface area contributed by atoms with Crippen LogP contribution < -0.4 is 4.90 Å². The second-order valence-electron chi connectivity index (χ2n) is 5.72. The van der Waals surface area contributed by atoms with Crippen molar-refractivity contribution in [2.45, 2.75) is 34.6 Å². The van der Waals surface area contributed by atoms with Gasteiger partial charge < -0.3 is 4.90 Å². The fourth-order valence-corrected chi connectivity index (χ4v) is 2.30. The molecule has 5 heteroatoms. The predicted octanol–water partition coefficient (Wildman–Crippen LogP) is 4.64. The quantitative estimate of drug-likeness (QED) is 0.311. The van der Waals surface area contributed by atoms with Crippen molar-refractivity contribution < 1.29 is 32.7 Å². The Labute approximate surface area is 181 Å². The van der Waals surface area contributed by atoms with Crippen LogP contribution in [0.1, 0.15) is 29.2 Å². The SMILES string of the molecule is [C-]#[N+]/C(C#N)=C(C)/C(C#N)=C/C=[C-]N(C)c1[c-]c(C)c(C)c(C)c1C.[Y]. The molecule has 1 aromatic rings. The molecule has 0 atom stereocenters. The molecular formula is C21H20N4Y-2. The van der Waals surface area contributed by atoms with Crippen LogP contribution >= 0.6 is 0 Å². The van der Waals surface area contributed by atoms with E-state index in [4.69, 9.17) is 11.8 Å². The largest absolute Gasteiger partial charge is 0.478 e. The maximum absolute atomic E-state index is 9.23. The molecule has 0 aromatic heterocycles. The molecule has 0 spiro atoms. The zero-order valence-electron chi connectivity index (χ0n) is 16.0. The molecule has 1 rings (SSSR count). The van der Waals surface area contributed by atoms with Crippen LogP contribution in [-0.2, 0) is 32.7 Å². The van der Waals surface area contributed by atoms with Crippen LogP contribution in [0.25, 0.3) is 4.85 Å². The summed E-state index contributed by atoms with van der Waals surface area (Å²) in [6.07, 6.45) is 6.24. The zero-order valence-corrected chi connectivity index (χ0v) is 18.9. The zero-order chi connectivity index (χ0) is 19.1. The van der Waals surface area contributed by atoms with Crippen LogP contribution in [0.4, 0.5) is 5.69 Å². The summed E-state index contributed by atoms with van der Waals surface area (Å²) in [4.78, 5) is 4.95. The summed E-state index contributed by atoms with van der Waals surface area (Å²) in [5.41, 5.74) is 6.16. The average molecular weight is 417 g/mol. The summed E-state index contributed by atoms with van der Waals surface area (Å²) in [6, 6.07) is 7.17. The molecule has 1 aromatic carbocycles. The Kier molecular flexibility index (Phi) is 9.82. The first kappa shape index (κ1) is 23.8. The van der Waals surface area contributed by atoms with Crippen LogP contribution in [-0.4, -0.2) is 7.05 Å². The Morgan fingerprint density at radius 2 is 1.77 bits per heavy atom. The van der Waals surface area contributed by atoms with Crippen molar-refractivity contribution in [3.63, 3.8) is 0 Å². The van der Waals surface area contributed by atoms with Crippen LogP contribution in [0, 0.1) is 69.2 Å². The minimum atomic E-state index is -0.0801. The molecule has 0 N–H and O–H groups in total. The summed E-state index contributed by atoms with van der Waals surface area (Å²) in [7, 11) is 1.87. The Bertz CT molecular complexity index is 884. The van der Waals surface area contributed by atoms with E-state index in [9.17, 15) is 5.26 Å². The standard InChI is InChI=1S/C21H20N4.Y/c1-14-11-21(17(4)16(3)15(14)2)25(7)10-8-9-19(12-22)18(5)20(13-23)24-6;/h8-9H,1-5,7H3;/q-2;/b19-9+,20-18+;. The molecule has 0 saturated carbocycles. The number of allylic oxidation sites excluding steroid dienone is 5. The molecule has 1 radical (unpaired) electrons. The number of hydrogen-bond donors (Lipinski definition) is 0. The van der Waals surface area contributed by atoms with Crippen molar-refractivity contribution in [3.05, 3.63) is 74.9 Å². The number of aryl methyl sites for hydroxylation is 1. The van der Waals surface area contributed by atoms with Crippen LogP contribution in [0.2, 0.25) is 0 Å². The fourth-order valence-electron chi connectivity index (χ4n) is 2.30. The number of anilines is 1. The van der Waals surface area contributed by atoms with Gasteiger partial charge in [-0.25, -0.2) is 16.2 Å². The molecule has 0 heterocycles. The maximum atomic E-state index is 9.23. The number of hydrogen-bond acceptors (Lipinski definition) is 3. The third-order valence-corrected chi connectivity index (χ3v) is 4.30. The van der Waals surface area contributed by atoms with E-state index in [1.807, 2.05) is 31.9 Å². The molecule has 4 nitrogen and oxygen atoms in total. The van der Waals surface area contributed by atoms with Crippen LogP contribution in [0.3, 0.4) is 0 Å². The van der Waals surface area contributed by atoms with E-state index in [1.54, 1.807) is 25.1 Å². The van der Waals surface area contributed by atoms with E-state index in [0.717, 1.165) is 16.8 Å². The van der Waals surface area contributed by atoms with E-state index in [2.05, 4.69) is 31.0 Å². The van der Waals surface area contributed by atoms with E-state index in [1.165, 1.54) is 11.1 Å². The predicted molar refractivity (Wildman–Crippen MR) is 99.1 cm³/mol. The molecule has 0 unspecified atom stereocenters. The van der Waals surface area contributed by atoms with Gasteiger partial charge in [-0.2, -0.15) is 39.3 Å². The molecule has 0 bridgehead atoms. The maximum Gasteiger partial charge on any atom is 0.265 e. The third-order valence-electron chi connectivity index (χ3n) is 4.30. The number of benzene rings is 1. The molecule has 0 fully saturated rings. The first-order valence-electron chi connectivity index (χ1n) is 7.70. The molecule has 26 heavy (non-hydrogen) atoms. The molecule has 0 amide bonds. The summed E-state index contributed by atoms with van der Waals surface area (Å²) < 4.78 is 0. The third kappa shape index (κ3) is 5.41. The second-order valence-corrected chi connectivity index (χ2v) is 5.72. The van der Waals surface area contributed by atoms with Crippen molar-refractivity contribution in [2.24, 2.45) is 0 Å². The Hall–Kier alpha value is -2.19. The first-order valence-corrected chi connectivity index (χ1v) is 7.70. The fraction of sp³-hybridized carbons (Fsp3) is 0.286. The van der Waals surface area contributed by atoms with Crippen LogP contribution in [0.15, 0.2) is 29.0 Å². The van der Waals surface area contributed by atoms with Crippen LogP contribution in [0.5, 0.6) is 0 Å². The van der Waals surface area contributed by atoms with E-state index >= 15 is 0 Å². The van der Waals surface area contributed by atoms with Gasteiger partial charge in [0.05, 0.1) is 18.7 Å². The van der Waals surface area contributed by atoms with Gasteiger partial charge in [0.2, 0.25) is 0 Å². The Morgan fingerprint density at radius 1 is 1.15 bits per heavy atom. The van der Waals surface area contributed by atoms with Crippen molar-refractivity contribution >= 4 is 5.69 Å². The summed E-state index contributed by atoms with van der Waals surface area (Å²) >= 11 is 0. The van der Waals surface area contributed by atoms with Gasteiger partial charge >= 0.3 is 0 Å². The first-order chi connectivity index (χ1) is 11.8. The smallest absolute Gasteiger partial charge is 0.265 e. The average Bonchev–Trinajstić information content (AvgIpc) is 2.60. The minimum absolute atomic E-state index is 0. The number of rotatable bonds is 4. The van der Waals surface area contributed by atoms with E-state index in [0.29, 0.717) is 5.57 Å². The Morgan fingerprint density at radius 3 is 2.27 bits per heavy atom. The van der Waals surface area contributed by atoms with E-state index < -0.39 is 0 Å². The second kappa shape index (κ2) is 10.7.